The Hall–Kier alpha value is -1.27. The van der Waals surface area contributed by atoms with E-state index in [2.05, 4.69) is 4.98 Å². The van der Waals surface area contributed by atoms with E-state index in [0.29, 0.717) is 5.39 Å². The highest BCUT2D eigenvalue weighted by atomic mass is 32.1. The molecule has 0 aromatic carbocycles. The molecule has 0 aliphatic heterocycles. The Kier molecular flexibility index (Phi) is 3.38. The lowest BCUT2D eigenvalue weighted by Crippen LogP contribution is -2.31. The van der Waals surface area contributed by atoms with E-state index in [4.69, 9.17) is 12.2 Å². The Labute approximate surface area is 125 Å². The SMILES string of the molecule is CC(C)C(=O)n1c(=S)[nH]c2sc3c(c2c1=O)CCCC3. The van der Waals surface area contributed by atoms with Gasteiger partial charge in [-0.2, -0.15) is 0 Å². The molecule has 0 spiro atoms. The minimum absolute atomic E-state index is 0.208. The third-order valence-corrected chi connectivity index (χ3v) is 5.22. The van der Waals surface area contributed by atoms with Crippen LogP contribution in [0.15, 0.2) is 4.79 Å². The zero-order valence-electron chi connectivity index (χ0n) is 11.5. The molecule has 0 radical (unpaired) electrons. The number of nitrogens with zero attached hydrogens (tertiary/aromatic N) is 1. The van der Waals surface area contributed by atoms with Gasteiger partial charge in [0, 0.05) is 10.8 Å². The number of nitrogens with one attached hydrogen (secondary N) is 1. The van der Waals surface area contributed by atoms with Crippen molar-refractivity contribution < 1.29 is 4.79 Å². The largest absolute Gasteiger partial charge is 0.323 e. The van der Waals surface area contributed by atoms with Gasteiger partial charge < -0.3 is 4.98 Å². The molecule has 3 rings (SSSR count). The number of hydrogen-bond donors (Lipinski definition) is 1. The van der Waals surface area contributed by atoms with Gasteiger partial charge in [0.25, 0.3) is 5.56 Å². The van der Waals surface area contributed by atoms with Crippen molar-refractivity contribution in [1.82, 2.24) is 9.55 Å². The second-order valence-corrected chi connectivity index (χ2v) is 6.97. The third kappa shape index (κ3) is 1.98. The van der Waals surface area contributed by atoms with Crippen molar-refractivity contribution >= 4 is 39.7 Å². The summed E-state index contributed by atoms with van der Waals surface area (Å²) in [5.74, 6) is -0.497. The number of aromatic amines is 1. The van der Waals surface area contributed by atoms with Crippen molar-refractivity contribution in [3.8, 4) is 0 Å². The molecule has 6 heteroatoms. The van der Waals surface area contributed by atoms with Crippen molar-refractivity contribution in [2.24, 2.45) is 5.92 Å². The van der Waals surface area contributed by atoms with Crippen molar-refractivity contribution in [3.63, 3.8) is 0 Å². The van der Waals surface area contributed by atoms with Crippen LogP contribution in [0.3, 0.4) is 0 Å². The van der Waals surface area contributed by atoms with Crippen LogP contribution in [0.5, 0.6) is 0 Å². The van der Waals surface area contributed by atoms with Gasteiger partial charge >= 0.3 is 0 Å². The lowest BCUT2D eigenvalue weighted by Gasteiger charge is -2.11. The van der Waals surface area contributed by atoms with E-state index in [1.165, 1.54) is 11.3 Å². The number of hydrogen-bond acceptors (Lipinski definition) is 4. The summed E-state index contributed by atoms with van der Waals surface area (Å²) in [6.45, 7) is 3.55. The highest BCUT2D eigenvalue weighted by molar-refractivity contribution is 7.71. The molecule has 0 atom stereocenters. The molecular formula is C14H16N2O2S2. The number of rotatable bonds is 1. The standard InChI is InChI=1S/C14H16N2O2S2/c1-7(2)12(17)16-13(18)10-8-5-3-4-6-9(8)20-11(10)15-14(16)19/h7H,3-6H2,1-2H3,(H,15,19). The first-order valence-corrected chi connectivity index (χ1v) is 8.07. The highest BCUT2D eigenvalue weighted by Gasteiger charge is 2.22. The number of aromatic nitrogens is 2. The zero-order chi connectivity index (χ0) is 14.4. The minimum Gasteiger partial charge on any atom is -0.323 e. The number of aryl methyl sites for hydroxylation is 2. The summed E-state index contributed by atoms with van der Waals surface area (Å²) in [5, 5.41) is 0.673. The predicted molar refractivity (Wildman–Crippen MR) is 83.4 cm³/mol. The highest BCUT2D eigenvalue weighted by Crippen LogP contribution is 2.33. The van der Waals surface area contributed by atoms with Crippen LogP contribution in [0.4, 0.5) is 0 Å². The maximum absolute atomic E-state index is 12.7. The third-order valence-electron chi connectivity index (χ3n) is 3.73. The van der Waals surface area contributed by atoms with Gasteiger partial charge in [0.15, 0.2) is 4.77 Å². The van der Waals surface area contributed by atoms with Crippen LogP contribution in [0.2, 0.25) is 0 Å². The number of fused-ring (bicyclic) bond motifs is 3. The molecule has 2 aromatic rings. The van der Waals surface area contributed by atoms with Crippen molar-refractivity contribution in [2.45, 2.75) is 39.5 Å². The average molecular weight is 308 g/mol. The van der Waals surface area contributed by atoms with Crippen LogP contribution in [0, 0.1) is 10.7 Å². The first-order valence-electron chi connectivity index (χ1n) is 6.84. The van der Waals surface area contributed by atoms with Crippen LogP contribution >= 0.6 is 23.6 Å². The molecule has 0 saturated heterocycles. The topological polar surface area (TPSA) is 54.9 Å². The minimum atomic E-state index is -0.255. The first kappa shape index (κ1) is 13.7. The number of carbonyl (C=O) groups excluding carboxylic acids is 1. The molecule has 2 aromatic heterocycles. The molecule has 20 heavy (non-hydrogen) atoms. The maximum Gasteiger partial charge on any atom is 0.270 e. The smallest absolute Gasteiger partial charge is 0.270 e. The molecule has 2 heterocycles. The fourth-order valence-corrected chi connectivity index (χ4v) is 4.32. The molecule has 1 N–H and O–H groups in total. The van der Waals surface area contributed by atoms with Gasteiger partial charge in [-0.25, -0.2) is 4.57 Å². The summed E-state index contributed by atoms with van der Waals surface area (Å²) < 4.78 is 1.34. The summed E-state index contributed by atoms with van der Waals surface area (Å²) in [7, 11) is 0. The number of thiophene rings is 1. The summed E-state index contributed by atoms with van der Waals surface area (Å²) in [4.78, 5) is 30.0. The van der Waals surface area contributed by atoms with Gasteiger partial charge in [0.05, 0.1) is 5.39 Å². The number of H-pyrrole nitrogens is 1. The fourth-order valence-electron chi connectivity index (χ4n) is 2.70. The summed E-state index contributed by atoms with van der Waals surface area (Å²) in [6, 6.07) is 0. The van der Waals surface area contributed by atoms with E-state index in [0.717, 1.165) is 34.2 Å². The van der Waals surface area contributed by atoms with Crippen LogP contribution in [-0.2, 0) is 12.8 Å². The van der Waals surface area contributed by atoms with Gasteiger partial charge in [0.1, 0.15) is 4.83 Å². The Morgan fingerprint density at radius 1 is 1.35 bits per heavy atom. The van der Waals surface area contributed by atoms with E-state index in [-0.39, 0.29) is 22.2 Å². The second kappa shape index (κ2) is 4.93. The Morgan fingerprint density at radius 2 is 2.05 bits per heavy atom. The van der Waals surface area contributed by atoms with Gasteiger partial charge in [0.2, 0.25) is 5.91 Å². The summed E-state index contributed by atoms with van der Waals surface area (Å²) in [6.07, 6.45) is 4.21. The molecule has 0 saturated carbocycles. The van der Waals surface area contributed by atoms with Crippen LogP contribution in [0.25, 0.3) is 10.2 Å². The van der Waals surface area contributed by atoms with E-state index in [9.17, 15) is 9.59 Å². The Balaban J connectivity index is 2.37. The van der Waals surface area contributed by atoms with Crippen molar-refractivity contribution in [3.05, 3.63) is 25.6 Å². The van der Waals surface area contributed by atoms with Crippen molar-refractivity contribution in [1.29, 1.82) is 0 Å². The molecule has 0 bridgehead atoms. The van der Waals surface area contributed by atoms with E-state index in [1.54, 1.807) is 25.2 Å². The fraction of sp³-hybridized carbons (Fsp3) is 0.500. The van der Waals surface area contributed by atoms with Crippen LogP contribution in [0.1, 0.15) is 41.9 Å². The Bertz CT molecular complexity index is 811. The first-order chi connectivity index (χ1) is 9.50. The van der Waals surface area contributed by atoms with Gasteiger partial charge in [-0.3, -0.25) is 9.59 Å². The van der Waals surface area contributed by atoms with Gasteiger partial charge in [-0.15, -0.1) is 11.3 Å². The summed E-state index contributed by atoms with van der Waals surface area (Å²) in [5.41, 5.74) is 0.875. The van der Waals surface area contributed by atoms with E-state index >= 15 is 0 Å². The maximum atomic E-state index is 12.7. The molecule has 0 fully saturated rings. The predicted octanol–water partition coefficient (Wildman–Crippen LogP) is 3.30. The van der Waals surface area contributed by atoms with E-state index < -0.39 is 0 Å². The second-order valence-electron chi connectivity index (χ2n) is 5.48. The van der Waals surface area contributed by atoms with Crippen LogP contribution < -0.4 is 5.56 Å². The lowest BCUT2D eigenvalue weighted by atomic mass is 9.97. The molecule has 1 aliphatic rings. The molecule has 1 aliphatic carbocycles. The van der Waals surface area contributed by atoms with Crippen molar-refractivity contribution in [2.75, 3.05) is 0 Å². The zero-order valence-corrected chi connectivity index (χ0v) is 13.1. The van der Waals surface area contributed by atoms with Gasteiger partial charge in [-0.1, -0.05) is 13.8 Å². The monoisotopic (exact) mass is 308 g/mol. The molecule has 4 nitrogen and oxygen atoms in total. The molecule has 106 valence electrons. The normalized spacial score (nSPS) is 14.8. The molecule has 0 unspecified atom stereocenters. The number of carbonyl (C=O) groups is 1. The molecular weight excluding hydrogens is 292 g/mol. The Morgan fingerprint density at radius 3 is 2.75 bits per heavy atom. The molecule has 0 amide bonds. The van der Waals surface area contributed by atoms with Gasteiger partial charge in [-0.05, 0) is 43.5 Å². The quantitative estimate of drug-likeness (QED) is 0.822. The average Bonchev–Trinajstić information content (AvgIpc) is 2.76. The summed E-state index contributed by atoms with van der Waals surface area (Å²) >= 11 is 6.81. The lowest BCUT2D eigenvalue weighted by molar-refractivity contribution is 0.0848. The van der Waals surface area contributed by atoms with Crippen LogP contribution in [-0.4, -0.2) is 15.5 Å². The van der Waals surface area contributed by atoms with E-state index in [1.807, 2.05) is 0 Å².